The van der Waals surface area contributed by atoms with E-state index in [0.717, 1.165) is 17.5 Å². The Morgan fingerprint density at radius 3 is 2.42 bits per heavy atom. The van der Waals surface area contributed by atoms with Gasteiger partial charge in [-0.1, -0.05) is 43.2 Å². The quantitative estimate of drug-likeness (QED) is 0.809. The zero-order valence-corrected chi connectivity index (χ0v) is 15.5. The van der Waals surface area contributed by atoms with Gasteiger partial charge < -0.3 is 0 Å². The van der Waals surface area contributed by atoms with Crippen LogP contribution in [0.15, 0.2) is 41.3 Å². The number of aryl methyl sites for hydroxylation is 3. The molecule has 0 amide bonds. The zero-order chi connectivity index (χ0) is 17.3. The topological polar surface area (TPSA) is 37.4 Å². The van der Waals surface area contributed by atoms with Gasteiger partial charge in [0.2, 0.25) is 10.0 Å². The van der Waals surface area contributed by atoms with E-state index < -0.39 is 10.0 Å². The molecule has 2 aromatic rings. The predicted molar refractivity (Wildman–Crippen MR) is 97.4 cm³/mol. The molecule has 24 heavy (non-hydrogen) atoms. The van der Waals surface area contributed by atoms with Crippen molar-refractivity contribution < 1.29 is 8.42 Å². The molecule has 3 nitrogen and oxygen atoms in total. The van der Waals surface area contributed by atoms with Gasteiger partial charge in [0.1, 0.15) is 0 Å². The number of nitrogens with zero attached hydrogens (tertiary/aromatic N) is 1. The molecule has 0 bridgehead atoms. The van der Waals surface area contributed by atoms with Crippen LogP contribution in [-0.4, -0.2) is 12.7 Å². The summed E-state index contributed by atoms with van der Waals surface area (Å²) in [5.41, 5.74) is 5.93. The van der Waals surface area contributed by atoms with Gasteiger partial charge in [0.25, 0.3) is 0 Å². The second-order valence-electron chi connectivity index (χ2n) is 6.74. The van der Waals surface area contributed by atoms with Gasteiger partial charge in [-0.3, -0.25) is 0 Å². The largest absolute Gasteiger partial charge is 0.243 e. The van der Waals surface area contributed by atoms with Gasteiger partial charge in [-0.25, -0.2) is 8.42 Å². The van der Waals surface area contributed by atoms with Crippen molar-refractivity contribution in [3.05, 3.63) is 64.2 Å². The molecule has 3 rings (SSSR count). The Morgan fingerprint density at radius 2 is 1.75 bits per heavy atom. The highest BCUT2D eigenvalue weighted by Gasteiger charge is 2.31. The minimum Gasteiger partial charge on any atom is -0.207 e. The Morgan fingerprint density at radius 1 is 1.04 bits per heavy atom. The summed E-state index contributed by atoms with van der Waals surface area (Å²) in [6.45, 7) is 7.20. The van der Waals surface area contributed by atoms with Crippen LogP contribution in [0.4, 0.5) is 0 Å². The second kappa shape index (κ2) is 6.69. The van der Waals surface area contributed by atoms with Crippen LogP contribution in [0.1, 0.15) is 47.6 Å². The molecule has 4 heteroatoms. The maximum absolute atomic E-state index is 12.9. The Kier molecular flexibility index (Phi) is 4.79. The summed E-state index contributed by atoms with van der Waals surface area (Å²) >= 11 is 0. The van der Waals surface area contributed by atoms with Crippen molar-refractivity contribution >= 4 is 10.0 Å². The van der Waals surface area contributed by atoms with E-state index in [4.69, 9.17) is 0 Å². The molecular weight excluding hydrogens is 318 g/mol. The van der Waals surface area contributed by atoms with Crippen LogP contribution in [0.5, 0.6) is 0 Å². The molecule has 0 unspecified atom stereocenters. The van der Waals surface area contributed by atoms with Gasteiger partial charge in [-0.2, -0.15) is 4.31 Å². The fourth-order valence-electron chi connectivity index (χ4n) is 3.32. The molecule has 1 heterocycles. The van der Waals surface area contributed by atoms with Crippen molar-refractivity contribution in [2.45, 2.75) is 58.0 Å². The molecule has 0 saturated heterocycles. The first kappa shape index (κ1) is 17.2. The summed E-state index contributed by atoms with van der Waals surface area (Å²) in [6, 6.07) is 11.5. The third kappa shape index (κ3) is 3.26. The molecule has 0 atom stereocenters. The Hall–Kier alpha value is -1.65. The van der Waals surface area contributed by atoms with E-state index in [1.54, 1.807) is 16.4 Å². The lowest BCUT2D eigenvalue weighted by Gasteiger charge is -2.15. The Balaban J connectivity index is 1.88. The normalized spacial score (nSPS) is 14.8. The van der Waals surface area contributed by atoms with E-state index in [0.29, 0.717) is 18.0 Å². The smallest absolute Gasteiger partial charge is 0.207 e. The van der Waals surface area contributed by atoms with Crippen LogP contribution in [0.2, 0.25) is 0 Å². The summed E-state index contributed by atoms with van der Waals surface area (Å²) in [5, 5.41) is 0. The number of hydrogen-bond donors (Lipinski definition) is 0. The first-order chi connectivity index (χ1) is 11.4. The van der Waals surface area contributed by atoms with E-state index >= 15 is 0 Å². The fraction of sp³-hybridized carbons (Fsp3) is 0.400. The van der Waals surface area contributed by atoms with E-state index in [1.807, 2.05) is 19.1 Å². The van der Waals surface area contributed by atoms with Crippen molar-refractivity contribution in [2.75, 3.05) is 0 Å². The van der Waals surface area contributed by atoms with Gasteiger partial charge in [-0.05, 0) is 61.1 Å². The van der Waals surface area contributed by atoms with Crippen LogP contribution >= 0.6 is 0 Å². The van der Waals surface area contributed by atoms with E-state index in [2.05, 4.69) is 26.0 Å². The third-order valence-corrected chi connectivity index (χ3v) is 6.59. The average molecular weight is 343 g/mol. The van der Waals surface area contributed by atoms with Gasteiger partial charge in [0.15, 0.2) is 0 Å². The van der Waals surface area contributed by atoms with Crippen LogP contribution in [0.3, 0.4) is 0 Å². The maximum Gasteiger partial charge on any atom is 0.243 e. The maximum atomic E-state index is 12.9. The second-order valence-corrected chi connectivity index (χ2v) is 8.68. The molecule has 0 N–H and O–H groups in total. The van der Waals surface area contributed by atoms with E-state index in [9.17, 15) is 8.42 Å². The van der Waals surface area contributed by atoms with E-state index in [1.165, 1.54) is 29.5 Å². The van der Waals surface area contributed by atoms with Crippen LogP contribution in [0.25, 0.3) is 0 Å². The molecule has 0 aliphatic carbocycles. The van der Waals surface area contributed by atoms with Gasteiger partial charge in [-0.15, -0.1) is 0 Å². The lowest BCUT2D eigenvalue weighted by atomic mass is 9.98. The number of rotatable bonds is 5. The molecule has 0 fully saturated rings. The predicted octanol–water partition coefficient (Wildman–Crippen LogP) is 4.35. The van der Waals surface area contributed by atoms with Crippen molar-refractivity contribution in [1.29, 1.82) is 0 Å². The minimum atomic E-state index is -3.44. The van der Waals surface area contributed by atoms with Crippen molar-refractivity contribution in [2.24, 2.45) is 0 Å². The van der Waals surface area contributed by atoms with E-state index in [-0.39, 0.29) is 0 Å². The number of benzene rings is 2. The SMILES string of the molecule is CCCCc1cc(C)c2c(c1)CN(S(=O)(=O)c1ccc(C)cc1)C2. The van der Waals surface area contributed by atoms with Gasteiger partial charge >= 0.3 is 0 Å². The summed E-state index contributed by atoms with van der Waals surface area (Å²) in [6.07, 6.45) is 3.41. The number of fused-ring (bicyclic) bond motifs is 1. The van der Waals surface area contributed by atoms with Crippen LogP contribution < -0.4 is 0 Å². The molecule has 128 valence electrons. The molecule has 1 aliphatic heterocycles. The van der Waals surface area contributed by atoms with Gasteiger partial charge in [0.05, 0.1) is 4.90 Å². The summed E-state index contributed by atoms with van der Waals surface area (Å²) < 4.78 is 27.4. The molecule has 0 radical (unpaired) electrons. The lowest BCUT2D eigenvalue weighted by molar-refractivity contribution is 0.431. The first-order valence-corrected chi connectivity index (χ1v) is 10.0. The monoisotopic (exact) mass is 343 g/mol. The number of hydrogen-bond acceptors (Lipinski definition) is 2. The molecule has 1 aliphatic rings. The van der Waals surface area contributed by atoms with Crippen molar-refractivity contribution in [1.82, 2.24) is 4.31 Å². The fourth-order valence-corrected chi connectivity index (χ4v) is 4.70. The Labute approximate surface area is 145 Å². The highest BCUT2D eigenvalue weighted by Crippen LogP contribution is 2.32. The number of unbranched alkanes of at least 4 members (excludes halogenated alkanes) is 1. The molecule has 0 spiro atoms. The number of sulfonamides is 1. The average Bonchev–Trinajstić information content (AvgIpc) is 2.99. The van der Waals surface area contributed by atoms with Crippen LogP contribution in [-0.2, 0) is 29.5 Å². The van der Waals surface area contributed by atoms with Crippen molar-refractivity contribution in [3.8, 4) is 0 Å². The Bertz CT molecular complexity index is 839. The zero-order valence-electron chi connectivity index (χ0n) is 14.7. The molecule has 2 aromatic carbocycles. The highest BCUT2D eigenvalue weighted by molar-refractivity contribution is 7.89. The highest BCUT2D eigenvalue weighted by atomic mass is 32.2. The van der Waals surface area contributed by atoms with Gasteiger partial charge in [0, 0.05) is 13.1 Å². The minimum absolute atomic E-state index is 0.379. The van der Waals surface area contributed by atoms with Crippen molar-refractivity contribution in [3.63, 3.8) is 0 Å². The standard InChI is InChI=1S/C20H25NO2S/c1-4-5-6-17-11-16(3)20-14-21(13-18(20)12-17)24(22,23)19-9-7-15(2)8-10-19/h7-12H,4-6,13-14H2,1-3H3. The molecule has 0 aromatic heterocycles. The summed E-state index contributed by atoms with van der Waals surface area (Å²) in [5.74, 6) is 0. The third-order valence-electron chi connectivity index (χ3n) is 4.78. The molecule has 0 saturated carbocycles. The summed E-state index contributed by atoms with van der Waals surface area (Å²) in [7, 11) is -3.44. The first-order valence-electron chi connectivity index (χ1n) is 8.60. The molecular formula is C20H25NO2S. The lowest BCUT2D eigenvalue weighted by Crippen LogP contribution is -2.25. The van der Waals surface area contributed by atoms with Crippen LogP contribution in [0, 0.1) is 13.8 Å². The summed E-state index contributed by atoms with van der Waals surface area (Å²) in [4.78, 5) is 0.379.